The van der Waals surface area contributed by atoms with Crippen molar-refractivity contribution in [3.8, 4) is 11.5 Å². The molecular weight excluding hydrogens is 320 g/mol. The third kappa shape index (κ3) is 4.71. The minimum absolute atomic E-state index is 0.00731. The van der Waals surface area contributed by atoms with Crippen LogP contribution < -0.4 is 0 Å². The van der Waals surface area contributed by atoms with Crippen LogP contribution in [0.4, 0.5) is 0 Å². The Bertz CT molecular complexity index is 805. The van der Waals surface area contributed by atoms with Gasteiger partial charge >= 0.3 is 0 Å². The number of carbonyl (C=O) groups excluding carboxylic acids is 1. The van der Waals surface area contributed by atoms with E-state index in [9.17, 15) is 4.79 Å². The molecule has 128 valence electrons. The molecule has 0 aliphatic rings. The van der Waals surface area contributed by atoms with Crippen molar-refractivity contribution in [2.45, 2.75) is 13.2 Å². The van der Waals surface area contributed by atoms with Crippen LogP contribution >= 0.6 is 0 Å². The van der Waals surface area contributed by atoms with E-state index in [2.05, 4.69) is 15.1 Å². The maximum absolute atomic E-state index is 12.1. The van der Waals surface area contributed by atoms with E-state index in [0.717, 1.165) is 5.56 Å². The Hall–Kier alpha value is -3.06. The maximum Gasteiger partial charge on any atom is 0.248 e. The highest BCUT2D eigenvalue weighted by Crippen LogP contribution is 2.12. The predicted molar refractivity (Wildman–Crippen MR) is 90.1 cm³/mol. The summed E-state index contributed by atoms with van der Waals surface area (Å²) in [6.07, 6.45) is 1.66. The van der Waals surface area contributed by atoms with Crippen molar-refractivity contribution >= 4 is 5.91 Å². The Morgan fingerprint density at radius 1 is 1.16 bits per heavy atom. The first-order valence-corrected chi connectivity index (χ1v) is 7.82. The molecule has 0 saturated carbocycles. The van der Waals surface area contributed by atoms with Gasteiger partial charge in [-0.15, -0.1) is 0 Å². The zero-order valence-electron chi connectivity index (χ0n) is 13.8. The Kier molecular flexibility index (Phi) is 5.48. The van der Waals surface area contributed by atoms with Crippen LogP contribution in [0.5, 0.6) is 0 Å². The van der Waals surface area contributed by atoms with Crippen molar-refractivity contribution in [2.75, 3.05) is 13.7 Å². The first kappa shape index (κ1) is 16.8. The van der Waals surface area contributed by atoms with Crippen molar-refractivity contribution in [3.63, 3.8) is 0 Å². The Balaban J connectivity index is 1.49. The number of ether oxygens (including phenoxy) is 1. The van der Waals surface area contributed by atoms with Gasteiger partial charge in [-0.25, -0.2) is 0 Å². The van der Waals surface area contributed by atoms with Crippen LogP contribution in [0.1, 0.15) is 11.5 Å². The van der Waals surface area contributed by atoms with Gasteiger partial charge in [-0.3, -0.25) is 9.78 Å². The van der Waals surface area contributed by atoms with Crippen molar-refractivity contribution < 1.29 is 14.1 Å². The Morgan fingerprint density at radius 2 is 1.96 bits per heavy atom. The van der Waals surface area contributed by atoms with Gasteiger partial charge < -0.3 is 14.2 Å². The molecule has 0 radical (unpaired) electrons. The number of hydrogen-bond donors (Lipinski definition) is 0. The van der Waals surface area contributed by atoms with E-state index in [1.807, 2.05) is 42.5 Å². The average molecular weight is 338 g/mol. The molecule has 3 rings (SSSR count). The number of amides is 1. The molecule has 1 aromatic carbocycles. The lowest BCUT2D eigenvalue weighted by Gasteiger charge is -2.14. The summed E-state index contributed by atoms with van der Waals surface area (Å²) in [6, 6.07) is 15.2. The van der Waals surface area contributed by atoms with E-state index >= 15 is 0 Å². The molecule has 3 aromatic rings. The molecular formula is C18H18N4O3. The molecule has 1 amide bonds. The highest BCUT2D eigenvalue weighted by molar-refractivity contribution is 5.77. The number of likely N-dealkylation sites (N-methyl/N-ethyl adjacent to an activating group) is 1. The lowest BCUT2D eigenvalue weighted by molar-refractivity contribution is -0.136. The zero-order valence-corrected chi connectivity index (χ0v) is 13.8. The van der Waals surface area contributed by atoms with Gasteiger partial charge in [-0.05, 0) is 17.7 Å². The van der Waals surface area contributed by atoms with Crippen LogP contribution in [0.15, 0.2) is 59.3 Å². The molecule has 0 saturated heterocycles. The molecule has 0 fully saturated rings. The summed E-state index contributed by atoms with van der Waals surface area (Å²) in [7, 11) is 1.67. The fourth-order valence-electron chi connectivity index (χ4n) is 2.15. The molecule has 0 N–H and O–H groups in total. The van der Waals surface area contributed by atoms with E-state index < -0.39 is 0 Å². The molecule has 0 bridgehead atoms. The van der Waals surface area contributed by atoms with Crippen LogP contribution in [0.2, 0.25) is 0 Å². The van der Waals surface area contributed by atoms with Crippen molar-refractivity contribution in [1.29, 1.82) is 0 Å². The normalized spacial score (nSPS) is 10.6. The summed E-state index contributed by atoms with van der Waals surface area (Å²) in [6.45, 7) is 0.602. The van der Waals surface area contributed by atoms with Gasteiger partial charge in [0.2, 0.25) is 17.6 Å². The molecule has 0 unspecified atom stereocenters. The summed E-state index contributed by atoms with van der Waals surface area (Å²) in [5.41, 5.74) is 1.65. The van der Waals surface area contributed by atoms with Crippen molar-refractivity contribution in [1.82, 2.24) is 20.0 Å². The third-order valence-electron chi connectivity index (χ3n) is 3.50. The Labute approximate surface area is 145 Å². The first-order chi connectivity index (χ1) is 12.2. The number of benzene rings is 1. The second-order valence-corrected chi connectivity index (χ2v) is 5.45. The zero-order chi connectivity index (χ0) is 17.5. The number of hydrogen-bond acceptors (Lipinski definition) is 6. The van der Waals surface area contributed by atoms with Gasteiger partial charge in [0.1, 0.15) is 12.3 Å². The number of aromatic nitrogens is 3. The van der Waals surface area contributed by atoms with E-state index in [4.69, 9.17) is 9.26 Å². The summed E-state index contributed by atoms with van der Waals surface area (Å²) in [5, 5.41) is 3.88. The monoisotopic (exact) mass is 338 g/mol. The topological polar surface area (TPSA) is 81.4 Å². The predicted octanol–water partition coefficient (Wildman–Crippen LogP) is 2.31. The minimum Gasteiger partial charge on any atom is -0.367 e. The van der Waals surface area contributed by atoms with Gasteiger partial charge in [0.25, 0.3) is 0 Å². The quantitative estimate of drug-likeness (QED) is 0.657. The fraction of sp³-hybridized carbons (Fsp3) is 0.222. The summed E-state index contributed by atoms with van der Waals surface area (Å²) in [4.78, 5) is 22.0. The minimum atomic E-state index is -0.159. The molecule has 0 aliphatic carbocycles. The van der Waals surface area contributed by atoms with Gasteiger partial charge in [-0.1, -0.05) is 41.6 Å². The van der Waals surface area contributed by atoms with Crippen molar-refractivity contribution in [3.05, 3.63) is 66.2 Å². The number of rotatable bonds is 7. The van der Waals surface area contributed by atoms with Gasteiger partial charge in [0.15, 0.2) is 0 Å². The summed E-state index contributed by atoms with van der Waals surface area (Å²) >= 11 is 0. The number of carbonyl (C=O) groups is 1. The third-order valence-corrected chi connectivity index (χ3v) is 3.50. The molecule has 0 spiro atoms. The lowest BCUT2D eigenvalue weighted by atomic mass is 10.2. The second kappa shape index (κ2) is 8.16. The summed E-state index contributed by atoms with van der Waals surface area (Å²) in [5.74, 6) is 0.588. The smallest absolute Gasteiger partial charge is 0.248 e. The highest BCUT2D eigenvalue weighted by Gasteiger charge is 2.15. The van der Waals surface area contributed by atoms with Crippen LogP contribution in [0.3, 0.4) is 0 Å². The second-order valence-electron chi connectivity index (χ2n) is 5.45. The Morgan fingerprint density at radius 3 is 2.72 bits per heavy atom. The molecule has 25 heavy (non-hydrogen) atoms. The molecule has 0 atom stereocenters. The van der Waals surface area contributed by atoms with Crippen LogP contribution in [0.25, 0.3) is 11.5 Å². The van der Waals surface area contributed by atoms with Gasteiger partial charge in [0, 0.05) is 13.2 Å². The van der Waals surface area contributed by atoms with E-state index in [0.29, 0.717) is 24.0 Å². The summed E-state index contributed by atoms with van der Waals surface area (Å²) < 4.78 is 10.6. The van der Waals surface area contributed by atoms with E-state index in [-0.39, 0.29) is 19.1 Å². The lowest BCUT2D eigenvalue weighted by Crippen LogP contribution is -2.29. The van der Waals surface area contributed by atoms with Gasteiger partial charge in [-0.2, -0.15) is 4.98 Å². The molecule has 2 aromatic heterocycles. The van der Waals surface area contributed by atoms with Crippen LogP contribution in [-0.2, 0) is 22.7 Å². The average Bonchev–Trinajstić information content (AvgIpc) is 3.12. The van der Waals surface area contributed by atoms with Gasteiger partial charge in [0.05, 0.1) is 13.2 Å². The molecule has 7 heteroatoms. The largest absolute Gasteiger partial charge is 0.367 e. The van der Waals surface area contributed by atoms with Crippen LogP contribution in [-0.4, -0.2) is 39.6 Å². The van der Waals surface area contributed by atoms with Crippen LogP contribution in [0, 0.1) is 0 Å². The van der Waals surface area contributed by atoms with E-state index in [1.54, 1.807) is 19.3 Å². The van der Waals surface area contributed by atoms with Crippen molar-refractivity contribution in [2.24, 2.45) is 0 Å². The molecule has 7 nitrogen and oxygen atoms in total. The fourth-order valence-corrected chi connectivity index (χ4v) is 2.15. The molecule has 0 aliphatic heterocycles. The number of nitrogens with zero attached hydrogens (tertiary/aromatic N) is 4. The highest BCUT2D eigenvalue weighted by atomic mass is 16.5. The maximum atomic E-state index is 12.1. The first-order valence-electron chi connectivity index (χ1n) is 7.82. The SMILES string of the molecule is CN(Cc1nc(-c2ccccn2)no1)C(=O)COCc1ccccc1. The standard InChI is InChI=1S/C18H18N4O3/c1-22(17(23)13-24-12-14-7-3-2-4-8-14)11-16-20-18(21-25-16)15-9-5-6-10-19-15/h2-10H,11-13H2,1H3. The van der Waals surface area contributed by atoms with E-state index in [1.165, 1.54) is 4.90 Å². The number of pyridine rings is 1. The molecule has 2 heterocycles.